The number of nitrogens with two attached hydrogens (primary N) is 1. The molecule has 1 heterocycles. The molecule has 15 heavy (non-hydrogen) atoms. The van der Waals surface area contributed by atoms with Crippen molar-refractivity contribution in [2.75, 3.05) is 19.6 Å². The molecular weight excluding hydrogens is 184 g/mol. The van der Waals surface area contributed by atoms with E-state index in [1.54, 1.807) is 0 Å². The molecule has 1 saturated heterocycles. The van der Waals surface area contributed by atoms with Gasteiger partial charge >= 0.3 is 0 Å². The van der Waals surface area contributed by atoms with E-state index < -0.39 is 0 Å². The van der Waals surface area contributed by atoms with Gasteiger partial charge in [-0.25, -0.2) is 0 Å². The molecule has 1 fully saturated rings. The highest BCUT2D eigenvalue weighted by molar-refractivity contribution is 4.76. The fourth-order valence-electron chi connectivity index (χ4n) is 2.46. The van der Waals surface area contributed by atoms with E-state index >= 15 is 0 Å². The monoisotopic (exact) mass is 212 g/mol. The number of hydrogen-bond acceptors (Lipinski definition) is 2. The summed E-state index contributed by atoms with van der Waals surface area (Å²) in [4.78, 5) is 2.66. The lowest BCUT2D eigenvalue weighted by Gasteiger charge is -2.32. The van der Waals surface area contributed by atoms with Crippen molar-refractivity contribution in [2.45, 2.75) is 52.5 Å². The molecule has 0 bridgehead atoms. The van der Waals surface area contributed by atoms with Crippen LogP contribution in [0.5, 0.6) is 0 Å². The molecule has 2 nitrogen and oxygen atoms in total. The third-order valence-electron chi connectivity index (χ3n) is 3.91. The highest BCUT2D eigenvalue weighted by atomic mass is 15.2. The summed E-state index contributed by atoms with van der Waals surface area (Å²) in [5.74, 6) is 1.39. The third-order valence-corrected chi connectivity index (χ3v) is 3.91. The Hall–Kier alpha value is -0.0800. The second kappa shape index (κ2) is 6.49. The van der Waals surface area contributed by atoms with Crippen molar-refractivity contribution in [1.82, 2.24) is 4.90 Å². The minimum Gasteiger partial charge on any atom is -0.330 e. The largest absolute Gasteiger partial charge is 0.330 e. The summed E-state index contributed by atoms with van der Waals surface area (Å²) in [5, 5.41) is 0. The van der Waals surface area contributed by atoms with Crippen molar-refractivity contribution < 1.29 is 0 Å². The summed E-state index contributed by atoms with van der Waals surface area (Å²) in [6.45, 7) is 10.3. The van der Waals surface area contributed by atoms with Gasteiger partial charge in [-0.1, -0.05) is 26.7 Å². The molecule has 0 aromatic carbocycles. The molecule has 2 heteroatoms. The molecule has 2 atom stereocenters. The van der Waals surface area contributed by atoms with Gasteiger partial charge in [0, 0.05) is 12.6 Å². The van der Waals surface area contributed by atoms with Crippen molar-refractivity contribution in [3.05, 3.63) is 0 Å². The zero-order valence-corrected chi connectivity index (χ0v) is 10.7. The van der Waals surface area contributed by atoms with Crippen LogP contribution in [0.15, 0.2) is 0 Å². The molecule has 0 aromatic heterocycles. The summed E-state index contributed by atoms with van der Waals surface area (Å²) < 4.78 is 0. The normalized spacial score (nSPS) is 26.6. The number of likely N-dealkylation sites (tertiary alicyclic amines) is 1. The minimum atomic E-state index is 0.672. The molecule has 1 rings (SSSR count). The summed E-state index contributed by atoms with van der Waals surface area (Å²) in [6.07, 6.45) is 5.57. The molecule has 0 saturated carbocycles. The SMILES string of the molecule is CC(C)C(CN)CN1CCCCCC1C. The number of nitrogens with zero attached hydrogens (tertiary/aromatic N) is 1. The van der Waals surface area contributed by atoms with E-state index in [0.29, 0.717) is 11.8 Å². The Labute approximate surface area is 95.2 Å². The van der Waals surface area contributed by atoms with Gasteiger partial charge in [0.1, 0.15) is 0 Å². The van der Waals surface area contributed by atoms with Gasteiger partial charge < -0.3 is 10.6 Å². The molecule has 0 aromatic rings. The van der Waals surface area contributed by atoms with E-state index in [4.69, 9.17) is 5.73 Å². The topological polar surface area (TPSA) is 29.3 Å². The molecule has 1 aliphatic rings. The minimum absolute atomic E-state index is 0.672. The van der Waals surface area contributed by atoms with E-state index in [0.717, 1.165) is 12.6 Å². The van der Waals surface area contributed by atoms with Crippen LogP contribution < -0.4 is 5.73 Å². The van der Waals surface area contributed by atoms with Gasteiger partial charge in [0.25, 0.3) is 0 Å². The first-order valence-electron chi connectivity index (χ1n) is 6.59. The van der Waals surface area contributed by atoms with Gasteiger partial charge in [0.2, 0.25) is 0 Å². The summed E-state index contributed by atoms with van der Waals surface area (Å²) in [6, 6.07) is 0.764. The highest BCUT2D eigenvalue weighted by Crippen LogP contribution is 2.19. The zero-order valence-electron chi connectivity index (χ0n) is 10.7. The maximum absolute atomic E-state index is 5.85. The fraction of sp³-hybridized carbons (Fsp3) is 1.00. The maximum atomic E-state index is 5.85. The summed E-state index contributed by atoms with van der Waals surface area (Å²) >= 11 is 0. The lowest BCUT2D eigenvalue weighted by Crippen LogP contribution is -2.40. The molecule has 90 valence electrons. The average Bonchev–Trinajstić information content (AvgIpc) is 2.39. The molecule has 0 amide bonds. The van der Waals surface area contributed by atoms with E-state index in [1.165, 1.54) is 38.8 Å². The second-order valence-electron chi connectivity index (χ2n) is 5.43. The van der Waals surface area contributed by atoms with E-state index in [9.17, 15) is 0 Å². The first-order valence-corrected chi connectivity index (χ1v) is 6.59. The van der Waals surface area contributed by atoms with Gasteiger partial charge in [0.15, 0.2) is 0 Å². The highest BCUT2D eigenvalue weighted by Gasteiger charge is 2.21. The summed E-state index contributed by atoms with van der Waals surface area (Å²) in [7, 11) is 0. The molecular formula is C13H28N2. The van der Waals surface area contributed by atoms with Gasteiger partial charge in [-0.05, 0) is 44.7 Å². The van der Waals surface area contributed by atoms with Crippen molar-refractivity contribution in [2.24, 2.45) is 17.6 Å². The van der Waals surface area contributed by atoms with E-state index in [-0.39, 0.29) is 0 Å². The molecule has 0 aliphatic carbocycles. The molecule has 2 N–H and O–H groups in total. The van der Waals surface area contributed by atoms with Gasteiger partial charge in [-0.2, -0.15) is 0 Å². The third kappa shape index (κ3) is 4.12. The van der Waals surface area contributed by atoms with Crippen LogP contribution in [0, 0.1) is 11.8 Å². The average molecular weight is 212 g/mol. The molecule has 1 aliphatic heterocycles. The Bertz CT molecular complexity index is 168. The Morgan fingerprint density at radius 1 is 1.27 bits per heavy atom. The first kappa shape index (κ1) is 13.0. The van der Waals surface area contributed by atoms with Gasteiger partial charge in [0.05, 0.1) is 0 Å². The molecule has 0 spiro atoms. The first-order chi connectivity index (χ1) is 7.15. The molecule has 2 unspecified atom stereocenters. The van der Waals surface area contributed by atoms with Crippen LogP contribution in [-0.4, -0.2) is 30.6 Å². The van der Waals surface area contributed by atoms with E-state index in [2.05, 4.69) is 25.7 Å². The lowest BCUT2D eigenvalue weighted by molar-refractivity contribution is 0.162. The lowest BCUT2D eigenvalue weighted by atomic mass is 9.95. The van der Waals surface area contributed by atoms with Crippen molar-refractivity contribution in [1.29, 1.82) is 0 Å². The Balaban J connectivity index is 2.45. The maximum Gasteiger partial charge on any atom is 0.00670 e. The van der Waals surface area contributed by atoms with Crippen LogP contribution in [0.25, 0.3) is 0 Å². The predicted molar refractivity (Wildman–Crippen MR) is 66.9 cm³/mol. The van der Waals surface area contributed by atoms with Gasteiger partial charge in [-0.15, -0.1) is 0 Å². The standard InChI is InChI=1S/C13H28N2/c1-11(2)13(9-14)10-15-8-6-4-5-7-12(15)3/h11-13H,4-10,14H2,1-3H3. The van der Waals surface area contributed by atoms with Crippen LogP contribution in [0.3, 0.4) is 0 Å². The van der Waals surface area contributed by atoms with Crippen LogP contribution in [0.2, 0.25) is 0 Å². The van der Waals surface area contributed by atoms with Crippen molar-refractivity contribution >= 4 is 0 Å². The quantitative estimate of drug-likeness (QED) is 0.776. The van der Waals surface area contributed by atoms with Crippen LogP contribution >= 0.6 is 0 Å². The summed E-state index contributed by atoms with van der Waals surface area (Å²) in [5.41, 5.74) is 5.85. The van der Waals surface area contributed by atoms with E-state index in [1.807, 2.05) is 0 Å². The fourth-order valence-corrected chi connectivity index (χ4v) is 2.46. The Morgan fingerprint density at radius 3 is 2.60 bits per heavy atom. The van der Waals surface area contributed by atoms with Crippen molar-refractivity contribution in [3.8, 4) is 0 Å². The van der Waals surface area contributed by atoms with Crippen LogP contribution in [-0.2, 0) is 0 Å². The smallest absolute Gasteiger partial charge is 0.00670 e. The van der Waals surface area contributed by atoms with Crippen LogP contribution in [0.4, 0.5) is 0 Å². The van der Waals surface area contributed by atoms with Crippen molar-refractivity contribution in [3.63, 3.8) is 0 Å². The Kier molecular flexibility index (Phi) is 5.62. The zero-order chi connectivity index (χ0) is 11.3. The second-order valence-corrected chi connectivity index (χ2v) is 5.43. The number of hydrogen-bond donors (Lipinski definition) is 1. The number of rotatable bonds is 4. The molecule has 0 radical (unpaired) electrons. The van der Waals surface area contributed by atoms with Crippen LogP contribution in [0.1, 0.15) is 46.5 Å². The predicted octanol–water partition coefficient (Wildman–Crippen LogP) is 2.48. The van der Waals surface area contributed by atoms with Gasteiger partial charge in [-0.3, -0.25) is 0 Å². The Morgan fingerprint density at radius 2 is 2.00 bits per heavy atom.